The summed E-state index contributed by atoms with van der Waals surface area (Å²) in [4.78, 5) is 27.1. The van der Waals surface area contributed by atoms with Crippen molar-refractivity contribution < 1.29 is 9.59 Å². The van der Waals surface area contributed by atoms with E-state index in [1.807, 2.05) is 47.4 Å². The van der Waals surface area contributed by atoms with Crippen LogP contribution in [0.5, 0.6) is 0 Å². The van der Waals surface area contributed by atoms with Gasteiger partial charge in [0.15, 0.2) is 0 Å². The highest BCUT2D eigenvalue weighted by molar-refractivity contribution is 9.10. The Morgan fingerprint density at radius 3 is 2.18 bits per heavy atom. The number of amides is 2. The molecule has 5 heteroatoms. The average molecular weight is 443 g/mol. The van der Waals surface area contributed by atoms with Crippen LogP contribution in [0, 0.1) is 0 Å². The van der Waals surface area contributed by atoms with E-state index in [4.69, 9.17) is 0 Å². The van der Waals surface area contributed by atoms with Crippen LogP contribution in [0.25, 0.3) is 0 Å². The maximum Gasteiger partial charge on any atom is 0.253 e. The molecule has 0 radical (unpaired) electrons. The number of hydrogen-bond donors (Lipinski definition) is 1. The van der Waals surface area contributed by atoms with E-state index in [0.717, 1.165) is 22.9 Å². The predicted molar refractivity (Wildman–Crippen MR) is 116 cm³/mol. The number of likely N-dealkylation sites (tertiary alicyclic amines) is 1. The third-order valence-electron chi connectivity index (χ3n) is 5.23. The SMILES string of the molecule is CC(C)(C)c1ccc(C(=O)N2CCC(NC(=O)c3ccccc3Br)CC2)cc1. The fraction of sp³-hybridized carbons (Fsp3) is 0.391. The van der Waals surface area contributed by atoms with Crippen LogP contribution in [0.3, 0.4) is 0 Å². The standard InChI is InChI=1S/C23H27BrN2O2/c1-23(2,3)17-10-8-16(9-11-17)22(28)26-14-12-18(13-15-26)25-21(27)19-6-4-5-7-20(19)24/h4-11,18H,12-15H2,1-3H3,(H,25,27). The molecular formula is C23H27BrN2O2. The van der Waals surface area contributed by atoms with Gasteiger partial charge in [0.05, 0.1) is 5.56 Å². The summed E-state index contributed by atoms with van der Waals surface area (Å²) in [5.41, 5.74) is 2.66. The first kappa shape index (κ1) is 20.6. The van der Waals surface area contributed by atoms with Crippen molar-refractivity contribution in [3.63, 3.8) is 0 Å². The smallest absolute Gasteiger partial charge is 0.253 e. The van der Waals surface area contributed by atoms with Crippen molar-refractivity contribution in [1.82, 2.24) is 10.2 Å². The Morgan fingerprint density at radius 1 is 1.00 bits per heavy atom. The molecule has 1 aliphatic heterocycles. The van der Waals surface area contributed by atoms with Crippen LogP contribution in [0.4, 0.5) is 0 Å². The second-order valence-corrected chi connectivity index (χ2v) is 9.20. The van der Waals surface area contributed by atoms with Crippen molar-refractivity contribution >= 4 is 27.7 Å². The predicted octanol–water partition coefficient (Wildman–Crippen LogP) is 4.78. The Kier molecular flexibility index (Phi) is 6.23. The lowest BCUT2D eigenvalue weighted by Crippen LogP contribution is -2.46. The maximum atomic E-state index is 12.8. The van der Waals surface area contributed by atoms with Gasteiger partial charge >= 0.3 is 0 Å². The highest BCUT2D eigenvalue weighted by Crippen LogP contribution is 2.23. The third-order valence-corrected chi connectivity index (χ3v) is 5.93. The summed E-state index contributed by atoms with van der Waals surface area (Å²) in [6, 6.07) is 15.4. The van der Waals surface area contributed by atoms with Gasteiger partial charge in [0.1, 0.15) is 0 Å². The van der Waals surface area contributed by atoms with Crippen LogP contribution in [0.1, 0.15) is 59.9 Å². The van der Waals surface area contributed by atoms with Crippen molar-refractivity contribution in [2.24, 2.45) is 0 Å². The van der Waals surface area contributed by atoms with Crippen molar-refractivity contribution in [3.05, 3.63) is 69.7 Å². The molecule has 2 amide bonds. The van der Waals surface area contributed by atoms with Gasteiger partial charge in [-0.05, 0) is 64.0 Å². The first-order valence-electron chi connectivity index (χ1n) is 9.71. The average Bonchev–Trinajstić information content (AvgIpc) is 2.68. The molecule has 1 aliphatic rings. The van der Waals surface area contributed by atoms with E-state index >= 15 is 0 Å². The normalized spacial score (nSPS) is 15.4. The summed E-state index contributed by atoms with van der Waals surface area (Å²) in [6.45, 7) is 7.80. The number of carbonyl (C=O) groups excluding carboxylic acids is 2. The minimum absolute atomic E-state index is 0.0658. The number of benzene rings is 2. The molecule has 0 aliphatic carbocycles. The first-order valence-corrected chi connectivity index (χ1v) is 10.5. The minimum atomic E-state index is -0.0741. The molecule has 1 saturated heterocycles. The molecule has 2 aromatic carbocycles. The fourth-order valence-electron chi connectivity index (χ4n) is 3.43. The molecule has 0 atom stereocenters. The van der Waals surface area contributed by atoms with Crippen molar-refractivity contribution in [1.29, 1.82) is 0 Å². The first-order chi connectivity index (χ1) is 13.3. The molecule has 0 unspecified atom stereocenters. The molecule has 2 aromatic rings. The van der Waals surface area contributed by atoms with E-state index in [-0.39, 0.29) is 23.3 Å². The molecule has 1 fully saturated rings. The maximum absolute atomic E-state index is 12.8. The molecular weight excluding hydrogens is 416 g/mol. The number of hydrogen-bond acceptors (Lipinski definition) is 2. The zero-order valence-corrected chi connectivity index (χ0v) is 18.3. The Bertz CT molecular complexity index is 848. The van der Waals surface area contributed by atoms with Crippen molar-refractivity contribution in [2.75, 3.05) is 13.1 Å². The second-order valence-electron chi connectivity index (χ2n) is 8.35. The Hall–Kier alpha value is -2.14. The van der Waals surface area contributed by atoms with Gasteiger partial charge in [0, 0.05) is 29.2 Å². The van der Waals surface area contributed by atoms with Gasteiger partial charge in [-0.1, -0.05) is 45.0 Å². The van der Waals surface area contributed by atoms with Gasteiger partial charge in [0.25, 0.3) is 11.8 Å². The zero-order valence-electron chi connectivity index (χ0n) is 16.7. The van der Waals surface area contributed by atoms with Gasteiger partial charge in [-0.2, -0.15) is 0 Å². The largest absolute Gasteiger partial charge is 0.349 e. The van der Waals surface area contributed by atoms with E-state index in [1.165, 1.54) is 5.56 Å². The van der Waals surface area contributed by atoms with Gasteiger partial charge in [-0.25, -0.2) is 0 Å². The quantitative estimate of drug-likeness (QED) is 0.742. The lowest BCUT2D eigenvalue weighted by atomic mass is 9.86. The van der Waals surface area contributed by atoms with E-state index in [9.17, 15) is 9.59 Å². The molecule has 3 rings (SSSR count). The molecule has 0 saturated carbocycles. The van der Waals surface area contributed by atoms with E-state index < -0.39 is 0 Å². The lowest BCUT2D eigenvalue weighted by Gasteiger charge is -2.32. The Labute approximate surface area is 175 Å². The van der Waals surface area contributed by atoms with Gasteiger partial charge in [-0.15, -0.1) is 0 Å². The second kappa shape index (κ2) is 8.48. The number of halogens is 1. The molecule has 0 aromatic heterocycles. The van der Waals surface area contributed by atoms with Crippen LogP contribution in [0.15, 0.2) is 53.0 Å². The van der Waals surface area contributed by atoms with E-state index in [2.05, 4.69) is 42.0 Å². The molecule has 0 bridgehead atoms. The van der Waals surface area contributed by atoms with Gasteiger partial charge in [0.2, 0.25) is 0 Å². The van der Waals surface area contributed by atoms with E-state index in [1.54, 1.807) is 6.07 Å². The number of nitrogens with one attached hydrogen (secondary N) is 1. The number of rotatable bonds is 3. The molecule has 28 heavy (non-hydrogen) atoms. The van der Waals surface area contributed by atoms with Crippen molar-refractivity contribution in [3.8, 4) is 0 Å². The molecule has 0 spiro atoms. The number of piperidine rings is 1. The van der Waals surface area contributed by atoms with Crippen LogP contribution in [0.2, 0.25) is 0 Å². The number of nitrogens with zero attached hydrogens (tertiary/aromatic N) is 1. The molecule has 1 heterocycles. The summed E-state index contributed by atoms with van der Waals surface area (Å²) >= 11 is 3.42. The van der Waals surface area contributed by atoms with Gasteiger partial charge in [-0.3, -0.25) is 9.59 Å². The molecule has 1 N–H and O–H groups in total. The summed E-state index contributed by atoms with van der Waals surface area (Å²) in [7, 11) is 0. The number of carbonyl (C=O) groups is 2. The minimum Gasteiger partial charge on any atom is -0.349 e. The monoisotopic (exact) mass is 442 g/mol. The summed E-state index contributed by atoms with van der Waals surface area (Å²) in [5.74, 6) is -0.00828. The van der Waals surface area contributed by atoms with Crippen LogP contribution in [-0.4, -0.2) is 35.8 Å². The third kappa shape index (κ3) is 4.82. The highest BCUT2D eigenvalue weighted by atomic mass is 79.9. The summed E-state index contributed by atoms with van der Waals surface area (Å²) in [5, 5.41) is 3.09. The highest BCUT2D eigenvalue weighted by Gasteiger charge is 2.25. The summed E-state index contributed by atoms with van der Waals surface area (Å²) in [6.07, 6.45) is 1.53. The Balaban J connectivity index is 1.55. The van der Waals surface area contributed by atoms with Crippen LogP contribution < -0.4 is 5.32 Å². The van der Waals surface area contributed by atoms with Crippen LogP contribution in [-0.2, 0) is 5.41 Å². The summed E-state index contributed by atoms with van der Waals surface area (Å²) < 4.78 is 0.791. The van der Waals surface area contributed by atoms with E-state index in [0.29, 0.717) is 18.7 Å². The topological polar surface area (TPSA) is 49.4 Å². The van der Waals surface area contributed by atoms with Gasteiger partial charge < -0.3 is 10.2 Å². The lowest BCUT2D eigenvalue weighted by molar-refractivity contribution is 0.0698. The molecule has 4 nitrogen and oxygen atoms in total. The molecule has 148 valence electrons. The van der Waals surface area contributed by atoms with Crippen LogP contribution >= 0.6 is 15.9 Å². The fourth-order valence-corrected chi connectivity index (χ4v) is 3.90. The Morgan fingerprint density at radius 2 is 1.61 bits per heavy atom. The zero-order chi connectivity index (χ0) is 20.3. The van der Waals surface area contributed by atoms with Crippen molar-refractivity contribution in [2.45, 2.75) is 45.1 Å².